The molecule has 130 valence electrons. The number of rotatable bonds is 5. The number of aryl methyl sites for hydroxylation is 1. The van der Waals surface area contributed by atoms with Crippen molar-refractivity contribution in [1.29, 1.82) is 0 Å². The molecule has 0 bridgehead atoms. The van der Waals surface area contributed by atoms with Gasteiger partial charge in [-0.2, -0.15) is 0 Å². The lowest BCUT2D eigenvalue weighted by molar-refractivity contribution is -0.118. The van der Waals surface area contributed by atoms with Crippen LogP contribution < -0.4 is 14.8 Å². The summed E-state index contributed by atoms with van der Waals surface area (Å²) in [5.41, 5.74) is 2.75. The van der Waals surface area contributed by atoms with Crippen LogP contribution in [0.4, 0.5) is 5.69 Å². The van der Waals surface area contributed by atoms with E-state index in [9.17, 15) is 9.59 Å². The lowest BCUT2D eigenvalue weighted by atomic mass is 10.0. The molecule has 1 heterocycles. The van der Waals surface area contributed by atoms with E-state index in [0.29, 0.717) is 28.3 Å². The number of carbonyl (C=O) groups excluding carboxylic acids is 2. The molecule has 2 aromatic carbocycles. The number of anilines is 1. The smallest absolute Gasteiger partial charge is 0.343 e. The molecule has 0 saturated heterocycles. The molecule has 1 amide bonds. The van der Waals surface area contributed by atoms with E-state index in [0.717, 1.165) is 5.56 Å². The summed E-state index contributed by atoms with van der Waals surface area (Å²) in [5, 5.41) is 2.81. The van der Waals surface area contributed by atoms with Gasteiger partial charge in [0.15, 0.2) is 11.5 Å². The highest BCUT2D eigenvalue weighted by Gasteiger charge is 2.36. The average molecular weight is 341 g/mol. The van der Waals surface area contributed by atoms with Gasteiger partial charge < -0.3 is 19.5 Å². The van der Waals surface area contributed by atoms with Crippen molar-refractivity contribution >= 4 is 17.6 Å². The van der Waals surface area contributed by atoms with Gasteiger partial charge in [0, 0.05) is 11.3 Å². The van der Waals surface area contributed by atoms with Gasteiger partial charge in [0.1, 0.15) is 11.7 Å². The van der Waals surface area contributed by atoms with Crippen LogP contribution in [0.2, 0.25) is 0 Å². The highest BCUT2D eigenvalue weighted by Crippen LogP contribution is 2.42. The quantitative estimate of drug-likeness (QED) is 0.845. The number of hydrogen-bond donors (Lipinski definition) is 1. The summed E-state index contributed by atoms with van der Waals surface area (Å²) in [7, 11) is 2.96. The number of cyclic esters (lactones) is 1. The van der Waals surface area contributed by atoms with Crippen molar-refractivity contribution in [3.05, 3.63) is 53.1 Å². The molecule has 1 aliphatic rings. The van der Waals surface area contributed by atoms with E-state index in [1.165, 1.54) is 14.2 Å². The molecule has 0 spiro atoms. The van der Waals surface area contributed by atoms with Crippen molar-refractivity contribution in [1.82, 2.24) is 0 Å². The third kappa shape index (κ3) is 3.28. The molecule has 0 radical (unpaired) electrons. The topological polar surface area (TPSA) is 73.9 Å². The Labute approximate surface area is 145 Å². The van der Waals surface area contributed by atoms with E-state index in [1.54, 1.807) is 12.1 Å². The summed E-state index contributed by atoms with van der Waals surface area (Å²) in [4.78, 5) is 24.5. The Bertz CT molecular complexity index is 813. The molecule has 2 aromatic rings. The fourth-order valence-electron chi connectivity index (χ4n) is 2.84. The maximum Gasteiger partial charge on any atom is 0.343 e. The van der Waals surface area contributed by atoms with Crippen LogP contribution in [-0.2, 0) is 9.53 Å². The Morgan fingerprint density at radius 3 is 2.48 bits per heavy atom. The molecule has 6 heteroatoms. The van der Waals surface area contributed by atoms with Crippen molar-refractivity contribution < 1.29 is 23.8 Å². The van der Waals surface area contributed by atoms with Gasteiger partial charge in [-0.25, -0.2) is 4.79 Å². The maximum atomic E-state index is 12.3. The lowest BCUT2D eigenvalue weighted by Gasteiger charge is -2.12. The van der Waals surface area contributed by atoms with E-state index >= 15 is 0 Å². The first-order valence-corrected chi connectivity index (χ1v) is 7.86. The third-order valence-electron chi connectivity index (χ3n) is 4.08. The largest absolute Gasteiger partial charge is 0.493 e. The van der Waals surface area contributed by atoms with Gasteiger partial charge >= 0.3 is 5.97 Å². The summed E-state index contributed by atoms with van der Waals surface area (Å²) in [6, 6.07) is 10.9. The number of benzene rings is 2. The molecule has 3 rings (SSSR count). The Morgan fingerprint density at radius 2 is 1.84 bits per heavy atom. The molecule has 0 aromatic heterocycles. The second-order valence-corrected chi connectivity index (χ2v) is 5.78. The number of ether oxygens (including phenoxy) is 3. The van der Waals surface area contributed by atoms with E-state index in [1.807, 2.05) is 31.2 Å². The van der Waals surface area contributed by atoms with Gasteiger partial charge in [-0.05, 0) is 25.1 Å². The fraction of sp³-hybridized carbons (Fsp3) is 0.263. The van der Waals surface area contributed by atoms with E-state index in [2.05, 4.69) is 5.32 Å². The predicted octanol–water partition coefficient (Wildman–Crippen LogP) is 3.25. The second kappa shape index (κ2) is 6.84. The van der Waals surface area contributed by atoms with Gasteiger partial charge in [-0.3, -0.25) is 4.79 Å². The van der Waals surface area contributed by atoms with Crippen LogP contribution in [0.25, 0.3) is 0 Å². The zero-order valence-electron chi connectivity index (χ0n) is 14.3. The first-order chi connectivity index (χ1) is 12.0. The number of amides is 1. The van der Waals surface area contributed by atoms with Gasteiger partial charge in [0.2, 0.25) is 5.91 Å². The normalized spacial score (nSPS) is 15.3. The van der Waals surface area contributed by atoms with Crippen LogP contribution in [0.15, 0.2) is 36.4 Å². The molecule has 1 N–H and O–H groups in total. The minimum Gasteiger partial charge on any atom is -0.493 e. The minimum atomic E-state index is -0.646. The molecule has 1 atom stereocenters. The standard InChI is InChI=1S/C19H19NO5/c1-11-4-6-12(7-5-11)20-16(21)10-15-13-8-9-14(23-2)18(24-3)17(13)19(22)25-15/h4-9,15H,10H2,1-3H3,(H,20,21)/t15-/m1/s1. The summed E-state index contributed by atoms with van der Waals surface area (Å²) < 4.78 is 15.9. The third-order valence-corrected chi connectivity index (χ3v) is 4.08. The Hall–Kier alpha value is -3.02. The Kier molecular flexibility index (Phi) is 4.61. The number of nitrogens with one attached hydrogen (secondary N) is 1. The highest BCUT2D eigenvalue weighted by atomic mass is 16.6. The summed E-state index contributed by atoms with van der Waals surface area (Å²) in [5.74, 6) is 0.0255. The molecular formula is C19H19NO5. The molecule has 25 heavy (non-hydrogen) atoms. The first kappa shape index (κ1) is 16.8. The van der Waals surface area contributed by atoms with Crippen molar-refractivity contribution in [3.8, 4) is 11.5 Å². The van der Waals surface area contributed by atoms with E-state index in [-0.39, 0.29) is 12.3 Å². The van der Waals surface area contributed by atoms with Crippen molar-refractivity contribution in [2.45, 2.75) is 19.4 Å². The van der Waals surface area contributed by atoms with Crippen molar-refractivity contribution in [2.24, 2.45) is 0 Å². The molecular weight excluding hydrogens is 322 g/mol. The average Bonchev–Trinajstić information content (AvgIpc) is 2.91. The molecule has 6 nitrogen and oxygen atoms in total. The van der Waals surface area contributed by atoms with Gasteiger partial charge in [-0.1, -0.05) is 23.8 Å². The molecule has 0 aliphatic carbocycles. The minimum absolute atomic E-state index is 0.0299. The second-order valence-electron chi connectivity index (χ2n) is 5.78. The zero-order chi connectivity index (χ0) is 18.0. The first-order valence-electron chi connectivity index (χ1n) is 7.86. The summed E-state index contributed by atoms with van der Waals surface area (Å²) in [6.45, 7) is 1.97. The summed E-state index contributed by atoms with van der Waals surface area (Å²) in [6.07, 6.45) is -0.616. The highest BCUT2D eigenvalue weighted by molar-refractivity contribution is 5.99. The summed E-state index contributed by atoms with van der Waals surface area (Å²) >= 11 is 0. The number of fused-ring (bicyclic) bond motifs is 1. The number of methoxy groups -OCH3 is 2. The van der Waals surface area contributed by atoms with E-state index in [4.69, 9.17) is 14.2 Å². The monoisotopic (exact) mass is 341 g/mol. The Balaban J connectivity index is 1.79. The van der Waals surface area contributed by atoms with Crippen LogP contribution in [0.3, 0.4) is 0 Å². The number of esters is 1. The van der Waals surface area contributed by atoms with Crippen molar-refractivity contribution in [2.75, 3.05) is 19.5 Å². The fourth-order valence-corrected chi connectivity index (χ4v) is 2.84. The predicted molar refractivity (Wildman–Crippen MR) is 92.1 cm³/mol. The lowest BCUT2D eigenvalue weighted by Crippen LogP contribution is -2.15. The molecule has 0 fully saturated rings. The van der Waals surface area contributed by atoms with Crippen LogP contribution in [0.1, 0.15) is 34.0 Å². The SMILES string of the molecule is COc1ccc2c(c1OC)C(=O)O[C@@H]2CC(=O)Nc1ccc(C)cc1. The van der Waals surface area contributed by atoms with Gasteiger partial charge in [0.25, 0.3) is 0 Å². The van der Waals surface area contributed by atoms with Gasteiger partial charge in [0.05, 0.1) is 20.6 Å². The van der Waals surface area contributed by atoms with Crippen LogP contribution in [-0.4, -0.2) is 26.1 Å². The van der Waals surface area contributed by atoms with Crippen molar-refractivity contribution in [3.63, 3.8) is 0 Å². The van der Waals surface area contributed by atoms with Crippen LogP contribution in [0, 0.1) is 6.92 Å². The maximum absolute atomic E-state index is 12.3. The Morgan fingerprint density at radius 1 is 1.12 bits per heavy atom. The number of hydrogen-bond acceptors (Lipinski definition) is 5. The van der Waals surface area contributed by atoms with Gasteiger partial charge in [-0.15, -0.1) is 0 Å². The molecule has 0 saturated carbocycles. The number of carbonyl (C=O) groups is 2. The van der Waals surface area contributed by atoms with Crippen LogP contribution >= 0.6 is 0 Å². The molecule has 0 unspecified atom stereocenters. The van der Waals surface area contributed by atoms with Crippen LogP contribution in [0.5, 0.6) is 11.5 Å². The van der Waals surface area contributed by atoms with E-state index < -0.39 is 12.1 Å². The molecule has 1 aliphatic heterocycles. The zero-order valence-corrected chi connectivity index (χ0v) is 14.3.